The zero-order chi connectivity index (χ0) is 13.4. The van der Waals surface area contributed by atoms with E-state index in [2.05, 4.69) is 4.72 Å². The smallest absolute Gasteiger partial charge is 0.211 e. The molecule has 1 atom stereocenters. The third-order valence-electron chi connectivity index (χ3n) is 2.57. The van der Waals surface area contributed by atoms with Crippen LogP contribution in [0.5, 0.6) is 0 Å². The molecule has 0 aliphatic rings. The minimum absolute atomic E-state index is 0.0155. The summed E-state index contributed by atoms with van der Waals surface area (Å²) in [5.74, 6) is 0.450. The van der Waals surface area contributed by atoms with E-state index < -0.39 is 10.0 Å². The fourth-order valence-corrected chi connectivity index (χ4v) is 3.32. The van der Waals surface area contributed by atoms with E-state index in [1.807, 2.05) is 37.3 Å². The van der Waals surface area contributed by atoms with Gasteiger partial charge >= 0.3 is 0 Å². The number of hydrogen-bond acceptors (Lipinski definition) is 2. The lowest BCUT2D eigenvalue weighted by molar-refractivity contribution is 0.566. The second-order valence-electron chi connectivity index (χ2n) is 4.52. The van der Waals surface area contributed by atoms with Crippen molar-refractivity contribution in [1.29, 1.82) is 0 Å². The van der Waals surface area contributed by atoms with Gasteiger partial charge in [0.25, 0.3) is 0 Å². The summed E-state index contributed by atoms with van der Waals surface area (Å²) in [6.45, 7) is 2.31. The average Bonchev–Trinajstić information content (AvgIpc) is 2.35. The molecule has 0 aromatic heterocycles. The van der Waals surface area contributed by atoms with Crippen LogP contribution in [-0.2, 0) is 16.4 Å². The van der Waals surface area contributed by atoms with Gasteiger partial charge in [0.1, 0.15) is 0 Å². The highest BCUT2D eigenvalue weighted by molar-refractivity contribution is 7.89. The Morgan fingerprint density at radius 1 is 1.28 bits per heavy atom. The average molecular weight is 290 g/mol. The summed E-state index contributed by atoms with van der Waals surface area (Å²) in [6.07, 6.45) is 1.69. The fourth-order valence-electron chi connectivity index (χ4n) is 1.64. The normalized spacial score (nSPS) is 13.4. The van der Waals surface area contributed by atoms with Gasteiger partial charge in [-0.05, 0) is 24.3 Å². The van der Waals surface area contributed by atoms with Crippen LogP contribution < -0.4 is 4.72 Å². The zero-order valence-corrected chi connectivity index (χ0v) is 12.2. The summed E-state index contributed by atoms with van der Waals surface area (Å²) in [4.78, 5) is 0. The summed E-state index contributed by atoms with van der Waals surface area (Å²) >= 11 is 5.61. The highest BCUT2D eigenvalue weighted by Crippen LogP contribution is 2.04. The fraction of sp³-hybridized carbons (Fsp3) is 0.538. The van der Waals surface area contributed by atoms with Crippen LogP contribution in [0.15, 0.2) is 30.3 Å². The SMILES string of the molecule is CC(CCl)CS(=O)(=O)NCCCc1ccccc1. The van der Waals surface area contributed by atoms with Crippen molar-refractivity contribution >= 4 is 21.6 Å². The largest absolute Gasteiger partial charge is 0.215 e. The summed E-state index contributed by atoms with van der Waals surface area (Å²) in [7, 11) is -3.18. The Labute approximate surface area is 115 Å². The van der Waals surface area contributed by atoms with Gasteiger partial charge in [0.15, 0.2) is 0 Å². The molecule has 0 aliphatic heterocycles. The minimum atomic E-state index is -3.18. The van der Waals surface area contributed by atoms with Crippen molar-refractivity contribution in [1.82, 2.24) is 4.72 Å². The first-order valence-corrected chi connectivity index (χ1v) is 8.29. The number of rotatable bonds is 8. The van der Waals surface area contributed by atoms with Gasteiger partial charge in [-0.25, -0.2) is 13.1 Å². The van der Waals surface area contributed by atoms with Crippen LogP contribution in [0.25, 0.3) is 0 Å². The molecule has 3 nitrogen and oxygen atoms in total. The summed E-state index contributed by atoms with van der Waals surface area (Å²) in [5, 5.41) is 0. The van der Waals surface area contributed by atoms with Crippen molar-refractivity contribution in [3.8, 4) is 0 Å². The molecule has 0 radical (unpaired) electrons. The molecule has 1 rings (SSSR count). The molecule has 0 saturated heterocycles. The van der Waals surface area contributed by atoms with Gasteiger partial charge in [-0.1, -0.05) is 37.3 Å². The number of hydrogen-bond donors (Lipinski definition) is 1. The van der Waals surface area contributed by atoms with Crippen molar-refractivity contribution < 1.29 is 8.42 Å². The van der Waals surface area contributed by atoms with Crippen LogP contribution in [0, 0.1) is 5.92 Å². The number of sulfonamides is 1. The van der Waals surface area contributed by atoms with E-state index in [0.29, 0.717) is 12.4 Å². The van der Waals surface area contributed by atoms with Crippen LogP contribution in [-0.4, -0.2) is 26.6 Å². The van der Waals surface area contributed by atoms with E-state index in [0.717, 1.165) is 12.8 Å². The monoisotopic (exact) mass is 289 g/mol. The maximum Gasteiger partial charge on any atom is 0.211 e. The van der Waals surface area contributed by atoms with E-state index in [1.165, 1.54) is 5.56 Å². The Kier molecular flexibility index (Phi) is 6.68. The molecular formula is C13H20ClNO2S. The predicted octanol–water partition coefficient (Wildman–Crippen LogP) is 2.41. The van der Waals surface area contributed by atoms with E-state index in [4.69, 9.17) is 11.6 Å². The lowest BCUT2D eigenvalue weighted by atomic mass is 10.1. The summed E-state index contributed by atoms with van der Waals surface area (Å²) in [6, 6.07) is 10.0. The van der Waals surface area contributed by atoms with Crippen molar-refractivity contribution in [3.63, 3.8) is 0 Å². The van der Waals surface area contributed by atoms with Crippen molar-refractivity contribution in [2.45, 2.75) is 19.8 Å². The van der Waals surface area contributed by atoms with E-state index in [9.17, 15) is 8.42 Å². The van der Waals surface area contributed by atoms with Crippen molar-refractivity contribution in [2.75, 3.05) is 18.2 Å². The highest BCUT2D eigenvalue weighted by atomic mass is 35.5. The summed E-state index contributed by atoms with van der Waals surface area (Å²) in [5.41, 5.74) is 1.23. The molecule has 0 bridgehead atoms. The van der Waals surface area contributed by atoms with E-state index >= 15 is 0 Å². The van der Waals surface area contributed by atoms with Crippen LogP contribution in [0.1, 0.15) is 18.9 Å². The Morgan fingerprint density at radius 2 is 1.94 bits per heavy atom. The molecule has 0 aliphatic carbocycles. The van der Waals surface area contributed by atoms with Gasteiger partial charge in [-0.15, -0.1) is 11.6 Å². The predicted molar refractivity (Wildman–Crippen MR) is 76.4 cm³/mol. The quantitative estimate of drug-likeness (QED) is 0.590. The molecule has 18 heavy (non-hydrogen) atoms. The number of aryl methyl sites for hydroxylation is 1. The molecule has 1 aromatic carbocycles. The van der Waals surface area contributed by atoms with E-state index in [-0.39, 0.29) is 11.7 Å². The number of nitrogens with one attached hydrogen (secondary N) is 1. The molecule has 102 valence electrons. The maximum absolute atomic E-state index is 11.6. The van der Waals surface area contributed by atoms with Crippen LogP contribution in [0.4, 0.5) is 0 Å². The van der Waals surface area contributed by atoms with Gasteiger partial charge < -0.3 is 0 Å². The Morgan fingerprint density at radius 3 is 2.56 bits per heavy atom. The number of halogens is 1. The first-order chi connectivity index (χ1) is 8.53. The lowest BCUT2D eigenvalue weighted by Gasteiger charge is -2.10. The number of alkyl halides is 1. The Balaban J connectivity index is 2.25. The molecule has 0 amide bonds. The zero-order valence-electron chi connectivity index (χ0n) is 10.6. The van der Waals surface area contributed by atoms with Crippen molar-refractivity contribution in [3.05, 3.63) is 35.9 Å². The molecular weight excluding hydrogens is 270 g/mol. The maximum atomic E-state index is 11.6. The first kappa shape index (κ1) is 15.5. The van der Waals surface area contributed by atoms with Gasteiger partial charge in [-0.2, -0.15) is 0 Å². The molecule has 0 fully saturated rings. The van der Waals surface area contributed by atoms with Gasteiger partial charge in [0.2, 0.25) is 10.0 Å². The molecule has 1 unspecified atom stereocenters. The molecule has 0 saturated carbocycles. The molecule has 0 heterocycles. The molecule has 1 N–H and O–H groups in total. The van der Waals surface area contributed by atoms with Crippen LogP contribution in [0.3, 0.4) is 0 Å². The third kappa shape index (κ3) is 6.38. The summed E-state index contributed by atoms with van der Waals surface area (Å²) < 4.78 is 25.9. The van der Waals surface area contributed by atoms with Gasteiger partial charge in [0.05, 0.1) is 5.75 Å². The van der Waals surface area contributed by atoms with Crippen LogP contribution >= 0.6 is 11.6 Å². The topological polar surface area (TPSA) is 46.2 Å². The minimum Gasteiger partial charge on any atom is -0.215 e. The van der Waals surface area contributed by atoms with Gasteiger partial charge in [-0.3, -0.25) is 0 Å². The first-order valence-electron chi connectivity index (χ1n) is 6.11. The molecule has 1 aromatic rings. The van der Waals surface area contributed by atoms with Crippen LogP contribution in [0.2, 0.25) is 0 Å². The highest BCUT2D eigenvalue weighted by Gasteiger charge is 2.13. The van der Waals surface area contributed by atoms with Gasteiger partial charge in [0, 0.05) is 12.4 Å². The number of benzene rings is 1. The van der Waals surface area contributed by atoms with E-state index in [1.54, 1.807) is 0 Å². The molecule has 0 spiro atoms. The third-order valence-corrected chi connectivity index (χ3v) is 4.75. The Bertz CT molecular complexity index is 434. The Hall–Kier alpha value is -0.580. The lowest BCUT2D eigenvalue weighted by Crippen LogP contribution is -2.30. The second kappa shape index (κ2) is 7.77. The second-order valence-corrected chi connectivity index (χ2v) is 6.68. The molecule has 5 heteroatoms. The standard InChI is InChI=1S/C13H20ClNO2S/c1-12(10-14)11-18(16,17)15-9-5-8-13-6-3-2-4-7-13/h2-4,6-7,12,15H,5,8-11H2,1H3. The van der Waals surface area contributed by atoms with Crippen molar-refractivity contribution in [2.24, 2.45) is 5.92 Å².